The van der Waals surface area contributed by atoms with Crippen molar-refractivity contribution in [1.82, 2.24) is 15.1 Å². The first kappa shape index (κ1) is 13.8. The molecule has 3 aliphatic rings. The molecule has 0 unspecified atom stereocenters. The van der Waals surface area contributed by atoms with Crippen LogP contribution in [0.5, 0.6) is 0 Å². The van der Waals surface area contributed by atoms with Crippen LogP contribution in [0.1, 0.15) is 32.6 Å². The Hall–Kier alpha value is -0.160. The van der Waals surface area contributed by atoms with Gasteiger partial charge in [-0.15, -0.1) is 0 Å². The summed E-state index contributed by atoms with van der Waals surface area (Å²) in [5.41, 5.74) is 0.439. The van der Waals surface area contributed by atoms with Gasteiger partial charge in [0.05, 0.1) is 13.2 Å². The van der Waals surface area contributed by atoms with E-state index in [-0.39, 0.29) is 0 Å². The molecule has 0 aromatic carbocycles. The second-order valence-electron chi connectivity index (χ2n) is 6.61. The molecule has 4 heteroatoms. The lowest BCUT2D eigenvalue weighted by Gasteiger charge is -2.49. The molecule has 19 heavy (non-hydrogen) atoms. The fourth-order valence-electron chi connectivity index (χ4n) is 4.06. The fourth-order valence-corrected chi connectivity index (χ4v) is 4.06. The third-order valence-electron chi connectivity index (χ3n) is 5.47. The average Bonchev–Trinajstić information content (AvgIpc) is 2.50. The zero-order valence-corrected chi connectivity index (χ0v) is 12.4. The van der Waals surface area contributed by atoms with Crippen molar-refractivity contribution in [2.24, 2.45) is 0 Å². The highest BCUT2D eigenvalue weighted by Crippen LogP contribution is 2.35. The first-order valence-electron chi connectivity index (χ1n) is 8.05. The minimum Gasteiger partial charge on any atom is -0.379 e. The van der Waals surface area contributed by atoms with E-state index in [2.05, 4.69) is 22.0 Å². The first-order valence-corrected chi connectivity index (χ1v) is 8.05. The SMILES string of the molecule is CC1(N2CCOCC2)CCC(N2CCNCC2)CC1. The van der Waals surface area contributed by atoms with Gasteiger partial charge in [-0.25, -0.2) is 0 Å². The van der Waals surface area contributed by atoms with Crippen molar-refractivity contribution in [1.29, 1.82) is 0 Å². The van der Waals surface area contributed by atoms with Crippen LogP contribution in [0.3, 0.4) is 0 Å². The molecular formula is C15H29N3O. The molecule has 0 radical (unpaired) electrons. The number of ether oxygens (including phenoxy) is 1. The minimum absolute atomic E-state index is 0.439. The second kappa shape index (κ2) is 6.08. The van der Waals surface area contributed by atoms with Gasteiger partial charge in [0.1, 0.15) is 0 Å². The van der Waals surface area contributed by atoms with Gasteiger partial charge in [-0.3, -0.25) is 9.80 Å². The molecule has 2 aliphatic heterocycles. The predicted octanol–water partition coefficient (Wildman–Crippen LogP) is 0.925. The highest BCUT2D eigenvalue weighted by atomic mass is 16.5. The Balaban J connectivity index is 1.52. The summed E-state index contributed by atoms with van der Waals surface area (Å²) >= 11 is 0. The number of rotatable bonds is 2. The zero-order chi connectivity index (χ0) is 13.1. The van der Waals surface area contributed by atoms with E-state index in [1.807, 2.05) is 0 Å². The quantitative estimate of drug-likeness (QED) is 0.805. The lowest BCUT2D eigenvalue weighted by atomic mass is 9.78. The van der Waals surface area contributed by atoms with Crippen LogP contribution < -0.4 is 5.32 Å². The van der Waals surface area contributed by atoms with Crippen LogP contribution in [0.15, 0.2) is 0 Å². The van der Waals surface area contributed by atoms with Crippen molar-refractivity contribution in [3.05, 3.63) is 0 Å². The maximum absolute atomic E-state index is 5.49. The molecule has 3 fully saturated rings. The van der Waals surface area contributed by atoms with E-state index < -0.39 is 0 Å². The van der Waals surface area contributed by atoms with Gasteiger partial charge in [0.2, 0.25) is 0 Å². The normalized spacial score (nSPS) is 39.3. The molecule has 0 atom stereocenters. The van der Waals surface area contributed by atoms with Crippen molar-refractivity contribution in [3.8, 4) is 0 Å². The van der Waals surface area contributed by atoms with Crippen LogP contribution in [0.4, 0.5) is 0 Å². The molecule has 3 rings (SSSR count). The third-order valence-corrected chi connectivity index (χ3v) is 5.47. The topological polar surface area (TPSA) is 27.7 Å². The summed E-state index contributed by atoms with van der Waals surface area (Å²) in [6.45, 7) is 11.5. The van der Waals surface area contributed by atoms with Crippen LogP contribution in [0.2, 0.25) is 0 Å². The second-order valence-corrected chi connectivity index (χ2v) is 6.61. The van der Waals surface area contributed by atoms with Gasteiger partial charge in [-0.1, -0.05) is 0 Å². The molecule has 1 aliphatic carbocycles. The monoisotopic (exact) mass is 267 g/mol. The van der Waals surface area contributed by atoms with Crippen molar-refractivity contribution < 1.29 is 4.74 Å². The van der Waals surface area contributed by atoms with Crippen LogP contribution in [-0.4, -0.2) is 73.9 Å². The van der Waals surface area contributed by atoms with Gasteiger partial charge in [0, 0.05) is 50.8 Å². The summed E-state index contributed by atoms with van der Waals surface area (Å²) in [6, 6.07) is 0.844. The lowest BCUT2D eigenvalue weighted by Crippen LogP contribution is -2.56. The highest BCUT2D eigenvalue weighted by Gasteiger charge is 2.38. The highest BCUT2D eigenvalue weighted by molar-refractivity contribution is 4.95. The van der Waals surface area contributed by atoms with Gasteiger partial charge >= 0.3 is 0 Å². The van der Waals surface area contributed by atoms with Crippen LogP contribution in [-0.2, 0) is 4.74 Å². The van der Waals surface area contributed by atoms with E-state index in [1.54, 1.807) is 0 Å². The van der Waals surface area contributed by atoms with E-state index in [0.29, 0.717) is 5.54 Å². The molecule has 2 heterocycles. The molecule has 0 aromatic rings. The summed E-state index contributed by atoms with van der Waals surface area (Å²) in [5, 5.41) is 3.46. The van der Waals surface area contributed by atoms with E-state index >= 15 is 0 Å². The molecular weight excluding hydrogens is 238 g/mol. The number of nitrogens with one attached hydrogen (secondary N) is 1. The summed E-state index contributed by atoms with van der Waals surface area (Å²) in [7, 11) is 0. The third kappa shape index (κ3) is 3.13. The van der Waals surface area contributed by atoms with Gasteiger partial charge < -0.3 is 10.1 Å². The number of piperazine rings is 1. The number of morpholine rings is 1. The number of hydrogen-bond acceptors (Lipinski definition) is 4. The smallest absolute Gasteiger partial charge is 0.0594 e. The molecule has 0 spiro atoms. The fraction of sp³-hybridized carbons (Fsp3) is 1.00. The maximum atomic E-state index is 5.49. The van der Waals surface area contributed by atoms with Crippen molar-refractivity contribution in [3.63, 3.8) is 0 Å². The Bertz CT molecular complexity index is 277. The number of hydrogen-bond donors (Lipinski definition) is 1. The van der Waals surface area contributed by atoms with E-state index in [0.717, 1.165) is 32.3 Å². The Morgan fingerprint density at radius 3 is 2.26 bits per heavy atom. The summed E-state index contributed by atoms with van der Waals surface area (Å²) in [4.78, 5) is 5.40. The van der Waals surface area contributed by atoms with Gasteiger partial charge in [-0.2, -0.15) is 0 Å². The van der Waals surface area contributed by atoms with Crippen LogP contribution >= 0.6 is 0 Å². The predicted molar refractivity (Wildman–Crippen MR) is 77.5 cm³/mol. The summed E-state index contributed by atoms with van der Waals surface area (Å²) in [6.07, 6.45) is 5.49. The number of nitrogens with zero attached hydrogens (tertiary/aromatic N) is 2. The van der Waals surface area contributed by atoms with E-state index in [4.69, 9.17) is 4.74 Å². The van der Waals surface area contributed by atoms with Gasteiger partial charge in [0.15, 0.2) is 0 Å². The molecule has 0 amide bonds. The van der Waals surface area contributed by atoms with Crippen molar-refractivity contribution >= 4 is 0 Å². The molecule has 1 N–H and O–H groups in total. The standard InChI is InChI=1S/C15H29N3O/c1-15(18-10-12-19-13-11-18)4-2-14(3-5-15)17-8-6-16-7-9-17/h14,16H,2-13H2,1H3. The molecule has 1 saturated carbocycles. The Kier molecular flexibility index (Phi) is 4.42. The zero-order valence-electron chi connectivity index (χ0n) is 12.4. The van der Waals surface area contributed by atoms with Crippen molar-refractivity contribution in [2.75, 3.05) is 52.5 Å². The summed E-state index contributed by atoms with van der Waals surface area (Å²) < 4.78 is 5.49. The Morgan fingerprint density at radius 1 is 1.00 bits per heavy atom. The Morgan fingerprint density at radius 2 is 1.63 bits per heavy atom. The maximum Gasteiger partial charge on any atom is 0.0594 e. The summed E-state index contributed by atoms with van der Waals surface area (Å²) in [5.74, 6) is 0. The molecule has 0 aromatic heterocycles. The first-order chi connectivity index (χ1) is 9.28. The molecule has 0 bridgehead atoms. The van der Waals surface area contributed by atoms with Crippen LogP contribution in [0.25, 0.3) is 0 Å². The van der Waals surface area contributed by atoms with E-state index in [1.165, 1.54) is 51.9 Å². The largest absolute Gasteiger partial charge is 0.379 e. The Labute approximate surface area is 117 Å². The lowest BCUT2D eigenvalue weighted by molar-refractivity contribution is -0.0397. The van der Waals surface area contributed by atoms with Gasteiger partial charge in [-0.05, 0) is 32.6 Å². The molecule has 110 valence electrons. The van der Waals surface area contributed by atoms with Crippen LogP contribution in [0, 0.1) is 0 Å². The minimum atomic E-state index is 0.439. The molecule has 4 nitrogen and oxygen atoms in total. The van der Waals surface area contributed by atoms with Gasteiger partial charge in [0.25, 0.3) is 0 Å². The average molecular weight is 267 g/mol. The molecule has 2 saturated heterocycles. The van der Waals surface area contributed by atoms with Crippen molar-refractivity contribution in [2.45, 2.75) is 44.2 Å². The van der Waals surface area contributed by atoms with E-state index in [9.17, 15) is 0 Å².